The number of ether oxygens (including phenoxy) is 1. The fraction of sp³-hybridized carbons (Fsp3) is 0.391. The second-order valence-corrected chi connectivity index (χ2v) is 6.78. The van der Waals surface area contributed by atoms with Crippen molar-refractivity contribution in [2.24, 2.45) is 0 Å². The van der Waals surface area contributed by atoms with E-state index in [1.54, 1.807) is 18.2 Å². The molecule has 156 valence electrons. The first kappa shape index (κ1) is 22.3. The molecule has 0 unspecified atom stereocenters. The van der Waals surface area contributed by atoms with Crippen LogP contribution >= 0.6 is 0 Å². The van der Waals surface area contributed by atoms with Crippen LogP contribution in [-0.2, 0) is 4.79 Å². The summed E-state index contributed by atoms with van der Waals surface area (Å²) in [5.74, 6) is 0.447. The summed E-state index contributed by atoms with van der Waals surface area (Å²) in [6.07, 6.45) is 4.62. The molecule has 6 nitrogen and oxygen atoms in total. The van der Waals surface area contributed by atoms with Gasteiger partial charge in [0.1, 0.15) is 5.75 Å². The summed E-state index contributed by atoms with van der Waals surface area (Å²) in [6, 6.07) is 14.5. The fourth-order valence-corrected chi connectivity index (χ4v) is 2.80. The van der Waals surface area contributed by atoms with Crippen LogP contribution in [0.4, 0.5) is 11.4 Å². The normalized spacial score (nSPS) is 10.3. The highest BCUT2D eigenvalue weighted by atomic mass is 16.5. The molecule has 0 aliphatic rings. The number of unbranched alkanes of at least 4 members (excludes halogenated alkanes) is 3. The molecule has 0 aromatic heterocycles. The number of benzene rings is 2. The second-order valence-electron chi connectivity index (χ2n) is 6.78. The van der Waals surface area contributed by atoms with Gasteiger partial charge in [0.05, 0.1) is 13.2 Å². The van der Waals surface area contributed by atoms with Gasteiger partial charge in [-0.05, 0) is 43.7 Å². The van der Waals surface area contributed by atoms with Crippen molar-refractivity contribution >= 4 is 23.2 Å². The lowest BCUT2D eigenvalue weighted by Gasteiger charge is -2.11. The largest absolute Gasteiger partial charge is 0.494 e. The smallest absolute Gasteiger partial charge is 0.251 e. The summed E-state index contributed by atoms with van der Waals surface area (Å²) in [5.41, 5.74) is 1.97. The molecule has 0 aliphatic heterocycles. The Balaban J connectivity index is 1.81. The molecule has 0 bridgehead atoms. The van der Waals surface area contributed by atoms with Gasteiger partial charge in [0.15, 0.2) is 0 Å². The maximum Gasteiger partial charge on any atom is 0.251 e. The van der Waals surface area contributed by atoms with Crippen molar-refractivity contribution in [3.05, 3.63) is 54.1 Å². The van der Waals surface area contributed by atoms with Gasteiger partial charge in [-0.3, -0.25) is 9.59 Å². The van der Waals surface area contributed by atoms with Crippen LogP contribution in [0.5, 0.6) is 5.75 Å². The van der Waals surface area contributed by atoms with Crippen LogP contribution in [0, 0.1) is 0 Å². The second kappa shape index (κ2) is 12.4. The number of nitrogens with one attached hydrogen (secondary N) is 3. The zero-order valence-electron chi connectivity index (χ0n) is 17.3. The number of anilines is 2. The van der Waals surface area contributed by atoms with Crippen molar-refractivity contribution in [2.45, 2.75) is 39.5 Å². The van der Waals surface area contributed by atoms with Gasteiger partial charge >= 0.3 is 0 Å². The fourth-order valence-electron chi connectivity index (χ4n) is 2.80. The average molecular weight is 398 g/mol. The van der Waals surface area contributed by atoms with Crippen LogP contribution in [0.25, 0.3) is 0 Å². The Morgan fingerprint density at radius 2 is 1.72 bits per heavy atom. The molecule has 3 N–H and O–H groups in total. The number of hydrogen-bond acceptors (Lipinski definition) is 4. The quantitative estimate of drug-likeness (QED) is 0.463. The van der Waals surface area contributed by atoms with Crippen molar-refractivity contribution in [1.82, 2.24) is 5.32 Å². The Bertz CT molecular complexity index is 792. The Morgan fingerprint density at radius 1 is 0.931 bits per heavy atom. The van der Waals surface area contributed by atoms with Crippen molar-refractivity contribution in [1.29, 1.82) is 0 Å². The lowest BCUT2D eigenvalue weighted by molar-refractivity contribution is -0.114. The molecule has 29 heavy (non-hydrogen) atoms. The maximum absolute atomic E-state index is 12.3. The van der Waals surface area contributed by atoms with E-state index in [0.717, 1.165) is 12.2 Å². The van der Waals surface area contributed by atoms with Gasteiger partial charge in [0.2, 0.25) is 5.91 Å². The molecular formula is C23H31N3O3. The number of hydrogen-bond donors (Lipinski definition) is 3. The van der Waals surface area contributed by atoms with Crippen molar-refractivity contribution < 1.29 is 14.3 Å². The van der Waals surface area contributed by atoms with Crippen molar-refractivity contribution in [3.63, 3.8) is 0 Å². The first-order valence-electron chi connectivity index (χ1n) is 10.3. The molecule has 0 fully saturated rings. The van der Waals surface area contributed by atoms with E-state index in [2.05, 4.69) is 22.9 Å². The van der Waals surface area contributed by atoms with Gasteiger partial charge in [0.25, 0.3) is 5.91 Å². The average Bonchev–Trinajstić information content (AvgIpc) is 2.73. The highest BCUT2D eigenvalue weighted by molar-refractivity contribution is 5.96. The SMILES string of the molecule is CCCCCCOc1cccc(NC(=O)CNc2cccc(C(=O)NCC)c2)c1. The summed E-state index contributed by atoms with van der Waals surface area (Å²) >= 11 is 0. The van der Waals surface area contributed by atoms with E-state index in [1.807, 2.05) is 37.3 Å². The third-order valence-electron chi connectivity index (χ3n) is 4.30. The molecule has 2 amide bonds. The van der Waals surface area contributed by atoms with Crippen molar-refractivity contribution in [3.8, 4) is 5.75 Å². The van der Waals surface area contributed by atoms with Crippen LogP contribution in [0.1, 0.15) is 49.9 Å². The van der Waals surface area contributed by atoms with E-state index in [1.165, 1.54) is 19.3 Å². The van der Waals surface area contributed by atoms with Gasteiger partial charge < -0.3 is 20.7 Å². The van der Waals surface area contributed by atoms with E-state index in [9.17, 15) is 9.59 Å². The Kier molecular flexibility index (Phi) is 9.55. The number of rotatable bonds is 12. The minimum Gasteiger partial charge on any atom is -0.494 e. The van der Waals surface area contributed by atoms with Gasteiger partial charge in [-0.2, -0.15) is 0 Å². The Labute approximate surface area is 173 Å². The monoisotopic (exact) mass is 397 g/mol. The highest BCUT2D eigenvalue weighted by Gasteiger charge is 2.07. The third-order valence-corrected chi connectivity index (χ3v) is 4.30. The first-order valence-corrected chi connectivity index (χ1v) is 10.3. The molecule has 2 aromatic rings. The molecule has 0 saturated carbocycles. The third kappa shape index (κ3) is 8.25. The predicted octanol–water partition coefficient (Wildman–Crippen LogP) is 4.45. The molecule has 0 atom stereocenters. The minimum atomic E-state index is -0.173. The number of carbonyl (C=O) groups excluding carboxylic acids is 2. The van der Waals surface area contributed by atoms with Gasteiger partial charge in [-0.25, -0.2) is 0 Å². The standard InChI is InChI=1S/C23H31N3O3/c1-3-5-6-7-14-29-21-13-9-12-20(16-21)26-22(27)17-25-19-11-8-10-18(15-19)23(28)24-4-2/h8-13,15-16,25H,3-7,14,17H2,1-2H3,(H,24,28)(H,26,27). The van der Waals surface area contributed by atoms with Crippen LogP contribution in [0.3, 0.4) is 0 Å². The molecule has 6 heteroatoms. The van der Waals surface area contributed by atoms with Crippen LogP contribution in [0.15, 0.2) is 48.5 Å². The molecule has 0 aliphatic carbocycles. The summed E-state index contributed by atoms with van der Waals surface area (Å²) in [4.78, 5) is 24.2. The topological polar surface area (TPSA) is 79.5 Å². The Morgan fingerprint density at radius 3 is 2.52 bits per heavy atom. The minimum absolute atomic E-state index is 0.0982. The molecule has 0 radical (unpaired) electrons. The van der Waals surface area contributed by atoms with E-state index in [0.29, 0.717) is 30.1 Å². The summed E-state index contributed by atoms with van der Waals surface area (Å²) in [6.45, 7) is 5.40. The summed E-state index contributed by atoms with van der Waals surface area (Å²) in [7, 11) is 0. The molecule has 0 saturated heterocycles. The van der Waals surface area contributed by atoms with Crippen LogP contribution < -0.4 is 20.7 Å². The van der Waals surface area contributed by atoms with Crippen LogP contribution in [0.2, 0.25) is 0 Å². The predicted molar refractivity (Wildman–Crippen MR) is 118 cm³/mol. The van der Waals surface area contributed by atoms with E-state index in [-0.39, 0.29) is 18.4 Å². The lowest BCUT2D eigenvalue weighted by Crippen LogP contribution is -2.23. The number of carbonyl (C=O) groups is 2. The van der Waals surface area contributed by atoms with Gasteiger partial charge in [-0.15, -0.1) is 0 Å². The van der Waals surface area contributed by atoms with Crippen molar-refractivity contribution in [2.75, 3.05) is 30.3 Å². The number of amides is 2. The Hall–Kier alpha value is -3.02. The zero-order valence-corrected chi connectivity index (χ0v) is 17.3. The first-order chi connectivity index (χ1) is 14.1. The van der Waals surface area contributed by atoms with E-state index < -0.39 is 0 Å². The van der Waals surface area contributed by atoms with Gasteiger partial charge in [0, 0.05) is 29.5 Å². The molecule has 2 aromatic carbocycles. The maximum atomic E-state index is 12.3. The molecule has 2 rings (SSSR count). The summed E-state index contributed by atoms with van der Waals surface area (Å²) < 4.78 is 5.75. The zero-order chi connectivity index (χ0) is 20.9. The molecule has 0 heterocycles. The van der Waals surface area contributed by atoms with E-state index in [4.69, 9.17) is 4.74 Å². The molecular weight excluding hydrogens is 366 g/mol. The van der Waals surface area contributed by atoms with E-state index >= 15 is 0 Å². The lowest BCUT2D eigenvalue weighted by atomic mass is 10.2. The molecule has 0 spiro atoms. The van der Waals surface area contributed by atoms with Gasteiger partial charge in [-0.1, -0.05) is 38.3 Å². The van der Waals surface area contributed by atoms with Crippen LogP contribution in [-0.4, -0.2) is 31.5 Å². The highest BCUT2D eigenvalue weighted by Crippen LogP contribution is 2.18. The summed E-state index contributed by atoms with van der Waals surface area (Å²) in [5, 5.41) is 8.67.